The number of benzene rings is 2. The zero-order valence-corrected chi connectivity index (χ0v) is 26.9. The summed E-state index contributed by atoms with van der Waals surface area (Å²) in [7, 11) is 0. The van der Waals surface area contributed by atoms with Gasteiger partial charge < -0.3 is 9.47 Å². The lowest BCUT2D eigenvalue weighted by atomic mass is 9.75. The van der Waals surface area contributed by atoms with Crippen molar-refractivity contribution >= 4 is 11.6 Å². The van der Waals surface area contributed by atoms with Crippen LogP contribution in [0.25, 0.3) is 0 Å². The van der Waals surface area contributed by atoms with Gasteiger partial charge in [0.05, 0.1) is 13.2 Å². The van der Waals surface area contributed by atoms with Crippen molar-refractivity contribution < 1.29 is 19.1 Å². The summed E-state index contributed by atoms with van der Waals surface area (Å²) in [5, 5.41) is 0. The Bertz CT molecular complexity index is 1150. The molecule has 0 aromatic heterocycles. The van der Waals surface area contributed by atoms with Crippen molar-refractivity contribution in [2.24, 2.45) is 0 Å². The van der Waals surface area contributed by atoms with Gasteiger partial charge >= 0.3 is 0 Å². The van der Waals surface area contributed by atoms with E-state index in [2.05, 4.69) is 79.0 Å². The summed E-state index contributed by atoms with van der Waals surface area (Å²) in [4.78, 5) is 23.6. The summed E-state index contributed by atoms with van der Waals surface area (Å²) in [5.41, 5.74) is 8.29. The van der Waals surface area contributed by atoms with Gasteiger partial charge in [-0.25, -0.2) is 0 Å². The number of unbranched alkanes of at least 4 members (excludes halogenated alkanes) is 2. The number of hydrogen-bond donors (Lipinski definition) is 0. The number of rotatable bonds is 18. The minimum Gasteiger partial charge on any atom is -0.493 e. The summed E-state index contributed by atoms with van der Waals surface area (Å²) in [6.45, 7) is 25.4. The topological polar surface area (TPSA) is 52.6 Å². The van der Waals surface area contributed by atoms with Crippen LogP contribution in [0.15, 0.2) is 48.6 Å². The number of carbonyl (C=O) groups is 2. The van der Waals surface area contributed by atoms with Crippen molar-refractivity contribution in [3.63, 3.8) is 0 Å². The second-order valence-electron chi connectivity index (χ2n) is 11.9. The number of allylic oxidation sites excluding steroid dienone is 2. The molecule has 0 amide bonds. The van der Waals surface area contributed by atoms with Crippen LogP contribution in [-0.2, 0) is 27.8 Å². The van der Waals surface area contributed by atoms with E-state index in [1.807, 2.05) is 0 Å². The van der Waals surface area contributed by atoms with E-state index in [1.54, 1.807) is 13.8 Å². The second-order valence-corrected chi connectivity index (χ2v) is 11.9. The quantitative estimate of drug-likeness (QED) is 0.135. The van der Waals surface area contributed by atoms with Crippen molar-refractivity contribution in [3.8, 4) is 11.5 Å². The monoisotopic (exact) mass is 560 g/mol. The van der Waals surface area contributed by atoms with Crippen molar-refractivity contribution in [2.45, 2.75) is 112 Å². The van der Waals surface area contributed by atoms with Crippen LogP contribution in [-0.4, -0.2) is 24.8 Å². The Morgan fingerprint density at radius 3 is 1.37 bits per heavy atom. The summed E-state index contributed by atoms with van der Waals surface area (Å²) >= 11 is 0. The van der Waals surface area contributed by atoms with Gasteiger partial charge in [-0.15, -0.1) is 0 Å². The SMILES string of the molecule is C=C(C)C(=O)CCCCOc1c(C)cc(C(C)(C)c2cc(C)c(OCCCCC(=O)C(=C)C)c(CC)c2)cc1CC. The Morgan fingerprint density at radius 2 is 1.05 bits per heavy atom. The van der Waals surface area contributed by atoms with Gasteiger partial charge in [0.15, 0.2) is 11.6 Å². The third-order valence-corrected chi connectivity index (χ3v) is 7.95. The standard InChI is InChI=1S/C37H52O4/c1-11-29-23-31(21-27(7)35(29)40-19-15-13-17-33(38)25(3)4)37(9,10)32-22-28(8)36(30(12-2)24-32)41-20-16-14-18-34(39)26(5)6/h21-24H,3,5,11-20H2,1-2,4,6-10H3. The van der Waals surface area contributed by atoms with Gasteiger partial charge in [-0.1, -0.05) is 65.1 Å². The predicted octanol–water partition coefficient (Wildman–Crippen LogP) is 9.14. The Morgan fingerprint density at radius 1 is 0.683 bits per heavy atom. The molecule has 0 atom stereocenters. The zero-order valence-electron chi connectivity index (χ0n) is 26.9. The summed E-state index contributed by atoms with van der Waals surface area (Å²) < 4.78 is 12.5. The minimum atomic E-state index is -0.202. The van der Waals surface area contributed by atoms with E-state index in [1.165, 1.54) is 22.3 Å². The fraction of sp³-hybridized carbons (Fsp3) is 0.514. The van der Waals surface area contributed by atoms with Crippen LogP contribution >= 0.6 is 0 Å². The largest absolute Gasteiger partial charge is 0.493 e. The molecule has 0 aliphatic carbocycles. The molecule has 0 N–H and O–H groups in total. The van der Waals surface area contributed by atoms with Crippen LogP contribution in [0, 0.1) is 13.8 Å². The van der Waals surface area contributed by atoms with E-state index in [-0.39, 0.29) is 17.0 Å². The first-order valence-corrected chi connectivity index (χ1v) is 15.2. The van der Waals surface area contributed by atoms with Crippen LogP contribution in [0.2, 0.25) is 0 Å². The van der Waals surface area contributed by atoms with E-state index in [4.69, 9.17) is 9.47 Å². The summed E-state index contributed by atoms with van der Waals surface area (Å²) in [5.74, 6) is 2.21. The van der Waals surface area contributed by atoms with E-state index >= 15 is 0 Å². The molecule has 0 aliphatic heterocycles. The lowest BCUT2D eigenvalue weighted by Crippen LogP contribution is -2.21. The molecular formula is C37H52O4. The molecule has 4 nitrogen and oxygen atoms in total. The van der Waals surface area contributed by atoms with Gasteiger partial charge in [0, 0.05) is 18.3 Å². The number of aryl methyl sites for hydroxylation is 4. The lowest BCUT2D eigenvalue weighted by molar-refractivity contribution is -0.116. The van der Waals surface area contributed by atoms with Crippen molar-refractivity contribution in [2.75, 3.05) is 13.2 Å². The van der Waals surface area contributed by atoms with Gasteiger partial charge in [0.1, 0.15) is 11.5 Å². The first-order valence-electron chi connectivity index (χ1n) is 15.2. The smallest absolute Gasteiger partial charge is 0.157 e. The Hall–Kier alpha value is -3.14. The average molecular weight is 561 g/mol. The van der Waals surface area contributed by atoms with E-state index in [0.717, 1.165) is 61.2 Å². The molecule has 0 aliphatic rings. The number of ether oxygens (including phenoxy) is 2. The highest BCUT2D eigenvalue weighted by Crippen LogP contribution is 2.39. The highest BCUT2D eigenvalue weighted by atomic mass is 16.5. The maximum Gasteiger partial charge on any atom is 0.157 e. The average Bonchev–Trinajstić information content (AvgIpc) is 2.92. The molecule has 2 aromatic carbocycles. The van der Waals surface area contributed by atoms with E-state index in [9.17, 15) is 9.59 Å². The molecule has 41 heavy (non-hydrogen) atoms. The molecule has 2 aromatic rings. The van der Waals surface area contributed by atoms with Crippen LogP contribution in [0.4, 0.5) is 0 Å². The zero-order chi connectivity index (χ0) is 30.7. The van der Waals surface area contributed by atoms with Crippen LogP contribution < -0.4 is 9.47 Å². The Kier molecular flexibility index (Phi) is 13.1. The van der Waals surface area contributed by atoms with E-state index < -0.39 is 0 Å². The van der Waals surface area contributed by atoms with Crippen LogP contribution in [0.1, 0.15) is 113 Å². The summed E-state index contributed by atoms with van der Waals surface area (Å²) in [6.07, 6.45) is 6.14. The van der Waals surface area contributed by atoms with E-state index in [0.29, 0.717) is 37.2 Å². The third kappa shape index (κ3) is 9.45. The Balaban J connectivity index is 2.17. The molecule has 0 saturated heterocycles. The third-order valence-electron chi connectivity index (χ3n) is 7.95. The molecule has 4 heteroatoms. The van der Waals surface area contributed by atoms with Crippen molar-refractivity contribution in [1.29, 1.82) is 0 Å². The van der Waals surface area contributed by atoms with Gasteiger partial charge in [-0.2, -0.15) is 0 Å². The maximum absolute atomic E-state index is 11.8. The van der Waals surface area contributed by atoms with Crippen molar-refractivity contribution in [1.82, 2.24) is 0 Å². The highest BCUT2D eigenvalue weighted by molar-refractivity contribution is 5.94. The number of Topliss-reactive ketones (excluding diaryl/α,β-unsaturated/α-hetero) is 2. The fourth-order valence-electron chi connectivity index (χ4n) is 5.07. The van der Waals surface area contributed by atoms with Gasteiger partial charge in [0.25, 0.3) is 0 Å². The molecular weight excluding hydrogens is 508 g/mol. The molecule has 0 unspecified atom stereocenters. The van der Waals surface area contributed by atoms with Gasteiger partial charge in [0.2, 0.25) is 0 Å². The second kappa shape index (κ2) is 15.7. The molecule has 0 bridgehead atoms. The predicted molar refractivity (Wildman–Crippen MR) is 172 cm³/mol. The molecule has 0 saturated carbocycles. The van der Waals surface area contributed by atoms with Gasteiger partial charge in [-0.3, -0.25) is 9.59 Å². The summed E-state index contributed by atoms with van der Waals surface area (Å²) in [6, 6.07) is 9.11. The van der Waals surface area contributed by atoms with Crippen LogP contribution in [0.3, 0.4) is 0 Å². The fourth-order valence-corrected chi connectivity index (χ4v) is 5.07. The number of ketones is 2. The molecule has 0 spiro atoms. The highest BCUT2D eigenvalue weighted by Gasteiger charge is 2.27. The number of carbonyl (C=O) groups excluding carboxylic acids is 2. The number of hydrogen-bond acceptors (Lipinski definition) is 4. The van der Waals surface area contributed by atoms with Gasteiger partial charge in [-0.05, 0) is 111 Å². The first kappa shape index (κ1) is 34.1. The maximum atomic E-state index is 11.8. The Labute approximate surface area is 249 Å². The normalized spacial score (nSPS) is 11.3. The minimum absolute atomic E-state index is 0.134. The first-order chi connectivity index (χ1) is 19.3. The van der Waals surface area contributed by atoms with Crippen molar-refractivity contribution in [3.05, 3.63) is 82.0 Å². The lowest BCUT2D eigenvalue weighted by Gasteiger charge is -2.30. The molecule has 0 radical (unpaired) electrons. The molecule has 2 rings (SSSR count). The molecule has 224 valence electrons. The van der Waals surface area contributed by atoms with Crippen LogP contribution in [0.5, 0.6) is 11.5 Å². The molecule has 0 fully saturated rings. The molecule has 0 heterocycles.